The summed E-state index contributed by atoms with van der Waals surface area (Å²) in [7, 11) is 1.84. The Morgan fingerprint density at radius 2 is 2.13 bits per heavy atom. The van der Waals surface area contributed by atoms with Crippen LogP contribution in [0.4, 0.5) is 4.39 Å². The van der Waals surface area contributed by atoms with Gasteiger partial charge in [0, 0.05) is 17.1 Å². The molecule has 1 atom stereocenters. The van der Waals surface area contributed by atoms with Gasteiger partial charge in [-0.1, -0.05) is 13.8 Å². The van der Waals surface area contributed by atoms with Crippen LogP contribution in [0, 0.1) is 11.9 Å². The first kappa shape index (κ1) is 15.8. The van der Waals surface area contributed by atoms with Crippen LogP contribution >= 0.6 is 11.3 Å². The summed E-state index contributed by atoms with van der Waals surface area (Å²) in [6, 6.07) is 4.85. The Morgan fingerprint density at radius 3 is 2.78 bits per heavy atom. The lowest BCUT2D eigenvalue weighted by Gasteiger charge is -2.18. The number of H-pyrrole nitrogens is 1. The van der Waals surface area contributed by atoms with Crippen molar-refractivity contribution in [2.45, 2.75) is 19.9 Å². The highest BCUT2D eigenvalue weighted by Gasteiger charge is 2.18. The Kier molecular flexibility index (Phi) is 4.23. The van der Waals surface area contributed by atoms with Crippen LogP contribution in [-0.2, 0) is 0 Å². The summed E-state index contributed by atoms with van der Waals surface area (Å²) in [6.45, 7) is 4.12. The smallest absolute Gasteiger partial charge is 0.268 e. The fourth-order valence-electron chi connectivity index (χ4n) is 2.59. The standard InChI is InChI=1S/C16H17FN4OS/c1-8(2)13(18-3)15-20-10-7-11(23-14(10)16(22)21-15)9-4-5-19-12(17)6-9/h4-8,13,18H,1-3H3,(H,20,21,22). The SMILES string of the molecule is CNC(c1nc2cc(-c3ccnc(F)c3)sc2c(=O)[nH]1)C(C)C. The summed E-state index contributed by atoms with van der Waals surface area (Å²) in [6.07, 6.45) is 1.41. The van der Waals surface area contributed by atoms with Gasteiger partial charge in [0.25, 0.3) is 5.56 Å². The number of thiophene rings is 1. The van der Waals surface area contributed by atoms with E-state index in [1.165, 1.54) is 23.6 Å². The molecule has 0 bridgehead atoms. The van der Waals surface area contributed by atoms with Crippen LogP contribution in [0.2, 0.25) is 0 Å². The van der Waals surface area contributed by atoms with Crippen molar-refractivity contribution < 1.29 is 4.39 Å². The molecule has 23 heavy (non-hydrogen) atoms. The fraction of sp³-hybridized carbons (Fsp3) is 0.312. The van der Waals surface area contributed by atoms with E-state index in [9.17, 15) is 9.18 Å². The Labute approximate surface area is 136 Å². The lowest BCUT2D eigenvalue weighted by atomic mass is 10.0. The van der Waals surface area contributed by atoms with E-state index in [2.05, 4.69) is 34.1 Å². The first-order valence-electron chi connectivity index (χ1n) is 7.32. The van der Waals surface area contributed by atoms with E-state index in [0.717, 1.165) is 4.88 Å². The summed E-state index contributed by atoms with van der Waals surface area (Å²) >= 11 is 1.30. The molecule has 0 aliphatic rings. The van der Waals surface area contributed by atoms with E-state index >= 15 is 0 Å². The molecule has 0 radical (unpaired) electrons. The van der Waals surface area contributed by atoms with E-state index < -0.39 is 5.95 Å². The number of hydrogen-bond acceptors (Lipinski definition) is 5. The number of fused-ring (bicyclic) bond motifs is 1. The second-order valence-corrected chi connectivity index (χ2v) is 6.71. The largest absolute Gasteiger partial charge is 0.310 e. The maximum atomic E-state index is 13.3. The van der Waals surface area contributed by atoms with Gasteiger partial charge in [0.1, 0.15) is 10.5 Å². The maximum absolute atomic E-state index is 13.3. The van der Waals surface area contributed by atoms with Gasteiger partial charge < -0.3 is 10.3 Å². The molecule has 0 spiro atoms. The Bertz CT molecular complexity index is 902. The molecule has 3 aromatic rings. The number of aromatic amines is 1. The van der Waals surface area contributed by atoms with Gasteiger partial charge in [0.15, 0.2) is 0 Å². The molecule has 0 fully saturated rings. The third kappa shape index (κ3) is 3.02. The Balaban J connectivity index is 2.13. The van der Waals surface area contributed by atoms with Crippen molar-refractivity contribution >= 4 is 21.6 Å². The van der Waals surface area contributed by atoms with E-state index in [-0.39, 0.29) is 17.5 Å². The third-order valence-electron chi connectivity index (χ3n) is 3.68. The van der Waals surface area contributed by atoms with Crippen LogP contribution in [0.15, 0.2) is 29.2 Å². The molecule has 1 unspecified atom stereocenters. The molecule has 0 saturated heterocycles. The van der Waals surface area contributed by atoms with E-state index in [1.54, 1.807) is 6.07 Å². The molecule has 3 heterocycles. The van der Waals surface area contributed by atoms with Crippen molar-refractivity contribution in [1.82, 2.24) is 20.3 Å². The molecule has 3 aromatic heterocycles. The van der Waals surface area contributed by atoms with Crippen molar-refractivity contribution in [2.24, 2.45) is 5.92 Å². The predicted octanol–water partition coefficient (Wildman–Crippen LogP) is 3.10. The van der Waals surface area contributed by atoms with Gasteiger partial charge in [-0.25, -0.2) is 9.97 Å². The monoisotopic (exact) mass is 332 g/mol. The average molecular weight is 332 g/mol. The first-order valence-corrected chi connectivity index (χ1v) is 8.14. The highest BCUT2D eigenvalue weighted by Crippen LogP contribution is 2.31. The van der Waals surface area contributed by atoms with Crippen LogP contribution in [0.3, 0.4) is 0 Å². The van der Waals surface area contributed by atoms with Gasteiger partial charge in [-0.3, -0.25) is 4.79 Å². The second-order valence-electron chi connectivity index (χ2n) is 5.65. The van der Waals surface area contributed by atoms with Crippen LogP contribution in [0.1, 0.15) is 25.7 Å². The summed E-state index contributed by atoms with van der Waals surface area (Å²) in [5.41, 5.74) is 1.15. The minimum atomic E-state index is -0.544. The molecule has 0 saturated carbocycles. The summed E-state index contributed by atoms with van der Waals surface area (Å²) in [4.78, 5) is 24.1. The highest BCUT2D eigenvalue weighted by molar-refractivity contribution is 7.22. The molecule has 2 N–H and O–H groups in total. The van der Waals surface area contributed by atoms with Gasteiger partial charge in [-0.2, -0.15) is 4.39 Å². The zero-order valence-corrected chi connectivity index (χ0v) is 13.9. The summed E-state index contributed by atoms with van der Waals surface area (Å²) in [5, 5.41) is 3.17. The molecule has 5 nitrogen and oxygen atoms in total. The van der Waals surface area contributed by atoms with Gasteiger partial charge in [-0.15, -0.1) is 11.3 Å². The minimum Gasteiger partial charge on any atom is -0.310 e. The van der Waals surface area contributed by atoms with Crippen molar-refractivity contribution in [3.8, 4) is 10.4 Å². The molecule has 0 aliphatic carbocycles. The zero-order chi connectivity index (χ0) is 16.6. The van der Waals surface area contributed by atoms with E-state index in [4.69, 9.17) is 0 Å². The first-order chi connectivity index (χ1) is 11.0. The molecule has 0 aromatic carbocycles. The summed E-state index contributed by atoms with van der Waals surface area (Å²) in [5.74, 6) is 0.357. The van der Waals surface area contributed by atoms with Crippen LogP contribution in [-0.4, -0.2) is 22.0 Å². The number of nitrogens with one attached hydrogen (secondary N) is 2. The van der Waals surface area contributed by atoms with E-state index in [0.29, 0.717) is 21.6 Å². The number of nitrogens with zero attached hydrogens (tertiary/aromatic N) is 2. The fourth-order valence-corrected chi connectivity index (χ4v) is 3.58. The number of rotatable bonds is 4. The van der Waals surface area contributed by atoms with Gasteiger partial charge in [0.2, 0.25) is 5.95 Å². The number of halogens is 1. The quantitative estimate of drug-likeness (QED) is 0.720. The van der Waals surface area contributed by atoms with Crippen molar-refractivity contribution in [3.05, 3.63) is 46.5 Å². The van der Waals surface area contributed by atoms with Gasteiger partial charge in [-0.05, 0) is 30.7 Å². The van der Waals surface area contributed by atoms with E-state index in [1.807, 2.05) is 13.1 Å². The Morgan fingerprint density at radius 1 is 1.35 bits per heavy atom. The highest BCUT2D eigenvalue weighted by atomic mass is 32.1. The zero-order valence-electron chi connectivity index (χ0n) is 13.1. The molecule has 0 amide bonds. The van der Waals surface area contributed by atoms with Crippen molar-refractivity contribution in [3.63, 3.8) is 0 Å². The average Bonchev–Trinajstić information content (AvgIpc) is 2.92. The third-order valence-corrected chi connectivity index (χ3v) is 4.86. The molecule has 0 aliphatic heterocycles. The Hall–Kier alpha value is -2.12. The number of pyridine rings is 1. The molecule has 7 heteroatoms. The minimum absolute atomic E-state index is 0.0335. The van der Waals surface area contributed by atoms with Gasteiger partial charge >= 0.3 is 0 Å². The maximum Gasteiger partial charge on any atom is 0.268 e. The topological polar surface area (TPSA) is 70.7 Å². The van der Waals surface area contributed by atoms with Crippen molar-refractivity contribution in [2.75, 3.05) is 7.05 Å². The number of hydrogen-bond donors (Lipinski definition) is 2. The molecule has 120 valence electrons. The molecule has 3 rings (SSSR count). The lowest BCUT2D eigenvalue weighted by molar-refractivity contribution is 0.423. The normalized spacial score (nSPS) is 12.9. The second kappa shape index (κ2) is 6.17. The lowest BCUT2D eigenvalue weighted by Crippen LogP contribution is -2.26. The van der Waals surface area contributed by atoms with Crippen molar-refractivity contribution in [1.29, 1.82) is 0 Å². The molecular formula is C16H17FN4OS. The van der Waals surface area contributed by atoms with Crippen LogP contribution < -0.4 is 10.9 Å². The molecular weight excluding hydrogens is 315 g/mol. The van der Waals surface area contributed by atoms with Crippen LogP contribution in [0.5, 0.6) is 0 Å². The predicted molar refractivity (Wildman–Crippen MR) is 90.1 cm³/mol. The summed E-state index contributed by atoms with van der Waals surface area (Å²) < 4.78 is 13.8. The number of aromatic nitrogens is 3. The van der Waals surface area contributed by atoms with Crippen LogP contribution in [0.25, 0.3) is 20.7 Å². The van der Waals surface area contributed by atoms with Gasteiger partial charge in [0.05, 0.1) is 11.6 Å².